The van der Waals surface area contributed by atoms with Crippen molar-refractivity contribution >= 4 is 11.9 Å². The first-order valence-corrected chi connectivity index (χ1v) is 8.52. The van der Waals surface area contributed by atoms with Gasteiger partial charge in [0.15, 0.2) is 5.41 Å². The van der Waals surface area contributed by atoms with Crippen LogP contribution in [0.15, 0.2) is 48.5 Å². The lowest BCUT2D eigenvalue weighted by molar-refractivity contribution is -0.163. The Morgan fingerprint density at radius 1 is 0.769 bits per heavy atom. The monoisotopic (exact) mass is 356 g/mol. The zero-order valence-electron chi connectivity index (χ0n) is 14.2. The molecule has 1 saturated carbocycles. The van der Waals surface area contributed by atoms with Gasteiger partial charge in [0.1, 0.15) is 23.0 Å². The molecule has 1 fully saturated rings. The Hall–Kier alpha value is -3.02. The molecule has 2 aromatic rings. The van der Waals surface area contributed by atoms with E-state index in [1.807, 2.05) is 0 Å². The summed E-state index contributed by atoms with van der Waals surface area (Å²) in [6.07, 6.45) is 3.03. The predicted molar refractivity (Wildman–Crippen MR) is 93.0 cm³/mol. The Bertz CT molecular complexity index is 746. The molecule has 6 heteroatoms. The summed E-state index contributed by atoms with van der Waals surface area (Å²) in [5.74, 6) is -1.10. The molecule has 1 aliphatic rings. The first-order chi connectivity index (χ1) is 12.5. The zero-order chi connectivity index (χ0) is 18.6. The first kappa shape index (κ1) is 17.8. The van der Waals surface area contributed by atoms with E-state index in [1.165, 1.54) is 36.4 Å². The highest BCUT2D eigenvalue weighted by molar-refractivity contribution is 6.01. The van der Waals surface area contributed by atoms with Gasteiger partial charge in [-0.3, -0.25) is 9.59 Å². The molecule has 0 amide bonds. The molecule has 0 atom stereocenters. The third kappa shape index (κ3) is 3.79. The van der Waals surface area contributed by atoms with Crippen molar-refractivity contribution in [2.45, 2.75) is 32.1 Å². The fourth-order valence-corrected chi connectivity index (χ4v) is 3.15. The third-order valence-corrected chi connectivity index (χ3v) is 4.54. The summed E-state index contributed by atoms with van der Waals surface area (Å²) in [6.45, 7) is 0. The minimum atomic E-state index is -1.39. The highest BCUT2D eigenvalue weighted by atomic mass is 16.6. The van der Waals surface area contributed by atoms with Gasteiger partial charge in [0.2, 0.25) is 0 Å². The quantitative estimate of drug-likeness (QED) is 0.494. The number of carbonyl (C=O) groups is 2. The van der Waals surface area contributed by atoms with E-state index in [1.54, 1.807) is 12.1 Å². The van der Waals surface area contributed by atoms with E-state index in [2.05, 4.69) is 0 Å². The van der Waals surface area contributed by atoms with Crippen LogP contribution in [0.5, 0.6) is 23.0 Å². The second-order valence-electron chi connectivity index (χ2n) is 6.42. The van der Waals surface area contributed by atoms with Gasteiger partial charge in [-0.15, -0.1) is 0 Å². The van der Waals surface area contributed by atoms with Gasteiger partial charge in [-0.2, -0.15) is 0 Å². The number of hydrogen-bond donors (Lipinski definition) is 2. The van der Waals surface area contributed by atoms with Crippen LogP contribution in [0.3, 0.4) is 0 Å². The molecule has 2 aromatic carbocycles. The summed E-state index contributed by atoms with van der Waals surface area (Å²) in [4.78, 5) is 25.7. The molecule has 0 unspecified atom stereocenters. The van der Waals surface area contributed by atoms with Crippen LogP contribution >= 0.6 is 0 Å². The van der Waals surface area contributed by atoms with Gasteiger partial charge in [0.25, 0.3) is 0 Å². The predicted octanol–water partition coefficient (Wildman–Crippen LogP) is 3.56. The highest BCUT2D eigenvalue weighted by Crippen LogP contribution is 2.39. The van der Waals surface area contributed by atoms with E-state index >= 15 is 0 Å². The van der Waals surface area contributed by atoms with Crippen LogP contribution < -0.4 is 9.47 Å². The van der Waals surface area contributed by atoms with Crippen LogP contribution in [0.1, 0.15) is 32.1 Å². The summed E-state index contributed by atoms with van der Waals surface area (Å²) in [7, 11) is 0. The molecule has 0 aliphatic heterocycles. The van der Waals surface area contributed by atoms with E-state index in [4.69, 9.17) is 9.47 Å². The van der Waals surface area contributed by atoms with Gasteiger partial charge in [-0.1, -0.05) is 31.4 Å². The fraction of sp³-hybridized carbons (Fsp3) is 0.300. The fourth-order valence-electron chi connectivity index (χ4n) is 3.15. The topological polar surface area (TPSA) is 93.1 Å². The lowest BCUT2D eigenvalue weighted by Crippen LogP contribution is -2.46. The molecule has 1 aliphatic carbocycles. The Labute approximate surface area is 151 Å². The summed E-state index contributed by atoms with van der Waals surface area (Å²) in [6, 6.07) is 11.7. The van der Waals surface area contributed by atoms with Crippen molar-refractivity contribution in [3.63, 3.8) is 0 Å². The van der Waals surface area contributed by atoms with Gasteiger partial charge in [-0.25, -0.2) is 0 Å². The molecule has 136 valence electrons. The molecule has 0 spiro atoms. The molecular weight excluding hydrogens is 336 g/mol. The lowest BCUT2D eigenvalue weighted by atomic mass is 9.74. The van der Waals surface area contributed by atoms with Crippen molar-refractivity contribution in [1.82, 2.24) is 0 Å². The van der Waals surface area contributed by atoms with Crippen molar-refractivity contribution in [1.29, 1.82) is 0 Å². The van der Waals surface area contributed by atoms with E-state index < -0.39 is 17.4 Å². The number of carbonyl (C=O) groups excluding carboxylic acids is 2. The van der Waals surface area contributed by atoms with Gasteiger partial charge in [0, 0.05) is 12.1 Å². The molecule has 0 radical (unpaired) electrons. The molecule has 0 heterocycles. The van der Waals surface area contributed by atoms with Gasteiger partial charge in [0.05, 0.1) is 0 Å². The number of esters is 2. The lowest BCUT2D eigenvalue weighted by Gasteiger charge is -2.32. The number of phenolic OH excluding ortho intramolecular Hbond substituents is 2. The van der Waals surface area contributed by atoms with E-state index in [0.29, 0.717) is 25.7 Å². The van der Waals surface area contributed by atoms with Crippen molar-refractivity contribution in [3.8, 4) is 23.0 Å². The highest BCUT2D eigenvalue weighted by Gasteiger charge is 2.50. The number of hydrogen-bond acceptors (Lipinski definition) is 6. The number of phenols is 2. The van der Waals surface area contributed by atoms with E-state index in [9.17, 15) is 19.8 Å². The maximum Gasteiger partial charge on any atom is 0.328 e. The van der Waals surface area contributed by atoms with Crippen LogP contribution in [0.25, 0.3) is 0 Å². The van der Waals surface area contributed by atoms with Crippen LogP contribution in [0.2, 0.25) is 0 Å². The van der Waals surface area contributed by atoms with Crippen molar-refractivity contribution in [2.24, 2.45) is 5.41 Å². The molecular formula is C20H20O6. The Morgan fingerprint density at radius 3 is 1.65 bits per heavy atom. The number of benzene rings is 2. The average Bonchev–Trinajstić information content (AvgIpc) is 2.62. The smallest absolute Gasteiger partial charge is 0.328 e. The van der Waals surface area contributed by atoms with Crippen molar-refractivity contribution in [2.75, 3.05) is 0 Å². The second kappa shape index (κ2) is 7.47. The first-order valence-electron chi connectivity index (χ1n) is 8.52. The Balaban J connectivity index is 1.83. The summed E-state index contributed by atoms with van der Waals surface area (Å²) in [5.41, 5.74) is -1.39. The number of aromatic hydroxyl groups is 2. The zero-order valence-corrected chi connectivity index (χ0v) is 14.2. The maximum atomic E-state index is 12.8. The third-order valence-electron chi connectivity index (χ3n) is 4.54. The Kier molecular flexibility index (Phi) is 5.11. The van der Waals surface area contributed by atoms with Crippen LogP contribution in [-0.4, -0.2) is 22.2 Å². The minimum absolute atomic E-state index is 0.0321. The average molecular weight is 356 g/mol. The largest absolute Gasteiger partial charge is 0.508 e. The molecule has 2 N–H and O–H groups in total. The maximum absolute atomic E-state index is 12.8. The molecule has 6 nitrogen and oxygen atoms in total. The van der Waals surface area contributed by atoms with E-state index in [0.717, 1.165) is 6.42 Å². The second-order valence-corrected chi connectivity index (χ2v) is 6.42. The normalized spacial score (nSPS) is 15.8. The molecule has 26 heavy (non-hydrogen) atoms. The SMILES string of the molecule is O=C(Oc1cccc(O)c1)C1(C(=O)Oc2cccc(O)c2)CCCCC1. The molecule has 0 bridgehead atoms. The van der Waals surface area contributed by atoms with Gasteiger partial charge >= 0.3 is 11.9 Å². The standard InChI is InChI=1S/C20H20O6/c21-14-6-4-8-16(12-14)25-18(23)20(10-2-1-3-11-20)19(24)26-17-9-5-7-15(22)13-17/h4-9,12-13,21-22H,1-3,10-11H2. The van der Waals surface area contributed by atoms with Crippen molar-refractivity contribution < 1.29 is 29.3 Å². The summed E-state index contributed by atoms with van der Waals surface area (Å²) >= 11 is 0. The van der Waals surface area contributed by atoms with Crippen molar-refractivity contribution in [3.05, 3.63) is 48.5 Å². The van der Waals surface area contributed by atoms with Crippen LogP contribution in [-0.2, 0) is 9.59 Å². The molecule has 0 aromatic heterocycles. The number of rotatable bonds is 4. The minimum Gasteiger partial charge on any atom is -0.508 e. The van der Waals surface area contributed by atoms with E-state index in [-0.39, 0.29) is 23.0 Å². The van der Waals surface area contributed by atoms with Crippen LogP contribution in [0.4, 0.5) is 0 Å². The summed E-state index contributed by atoms with van der Waals surface area (Å²) in [5, 5.41) is 19.0. The molecule has 0 saturated heterocycles. The van der Waals surface area contributed by atoms with Crippen LogP contribution in [0, 0.1) is 5.41 Å². The summed E-state index contributed by atoms with van der Waals surface area (Å²) < 4.78 is 10.7. The Morgan fingerprint density at radius 2 is 1.23 bits per heavy atom. The van der Waals surface area contributed by atoms with Gasteiger partial charge < -0.3 is 19.7 Å². The number of ether oxygens (including phenoxy) is 2. The van der Waals surface area contributed by atoms with Gasteiger partial charge in [-0.05, 0) is 37.1 Å². The molecule has 3 rings (SSSR count).